The number of methoxy groups -OCH3 is 1. The van der Waals surface area contributed by atoms with Crippen molar-refractivity contribution in [1.29, 1.82) is 0 Å². The van der Waals surface area contributed by atoms with E-state index >= 15 is 0 Å². The lowest BCUT2D eigenvalue weighted by Gasteiger charge is -2.35. The second kappa shape index (κ2) is 6.11. The summed E-state index contributed by atoms with van der Waals surface area (Å²) >= 11 is 0. The molecule has 0 aromatic rings. The lowest BCUT2D eigenvalue weighted by Crippen LogP contribution is -2.42. The number of hydrogen-bond donors (Lipinski definition) is 0. The predicted octanol–water partition coefficient (Wildman–Crippen LogP) is 1.92. The molecule has 15 heavy (non-hydrogen) atoms. The summed E-state index contributed by atoms with van der Waals surface area (Å²) < 4.78 is 4.88. The number of unbranched alkanes of at least 4 members (excludes halogenated alkanes) is 1. The van der Waals surface area contributed by atoms with Crippen molar-refractivity contribution in [3.05, 3.63) is 0 Å². The van der Waals surface area contributed by atoms with Crippen LogP contribution < -0.4 is 0 Å². The molecule has 0 radical (unpaired) electrons. The van der Waals surface area contributed by atoms with Gasteiger partial charge in [-0.3, -0.25) is 4.79 Å². The van der Waals surface area contributed by atoms with Crippen molar-refractivity contribution in [2.24, 2.45) is 11.8 Å². The summed E-state index contributed by atoms with van der Waals surface area (Å²) in [6.45, 7) is 4.17. The van der Waals surface area contributed by atoms with Crippen LogP contribution in [0.4, 0.5) is 0 Å². The highest BCUT2D eigenvalue weighted by molar-refractivity contribution is 5.73. The van der Waals surface area contributed by atoms with Crippen molar-refractivity contribution in [2.45, 2.75) is 32.6 Å². The van der Waals surface area contributed by atoms with Crippen LogP contribution in [0.15, 0.2) is 0 Å². The molecular formula is C12H23NO2. The number of hydrogen-bond acceptors (Lipinski definition) is 3. The molecule has 1 saturated heterocycles. The molecule has 0 saturated carbocycles. The van der Waals surface area contributed by atoms with Gasteiger partial charge in [-0.25, -0.2) is 0 Å². The number of carbonyl (C=O) groups excluding carboxylic acids is 1. The van der Waals surface area contributed by atoms with Crippen LogP contribution >= 0.6 is 0 Å². The predicted molar refractivity (Wildman–Crippen MR) is 60.6 cm³/mol. The minimum absolute atomic E-state index is 0.0253. The van der Waals surface area contributed by atoms with E-state index in [-0.39, 0.29) is 11.9 Å². The van der Waals surface area contributed by atoms with E-state index in [1.165, 1.54) is 26.4 Å². The summed E-state index contributed by atoms with van der Waals surface area (Å²) in [6.07, 6.45) is 4.74. The standard InChI is InChI=1S/C12H23NO2/c1-4-5-6-10-7-8-13(2)9-11(10)12(14)15-3/h10-11H,4-9H2,1-3H3/t10-,11-/m1/s1. The summed E-state index contributed by atoms with van der Waals surface area (Å²) in [4.78, 5) is 13.9. The fourth-order valence-electron chi connectivity index (χ4n) is 2.39. The molecule has 88 valence electrons. The first-order valence-corrected chi connectivity index (χ1v) is 5.95. The third-order valence-corrected chi connectivity index (χ3v) is 3.39. The first kappa shape index (κ1) is 12.5. The molecule has 1 heterocycles. The maximum absolute atomic E-state index is 11.6. The minimum atomic E-state index is -0.0253. The van der Waals surface area contributed by atoms with Crippen LogP contribution in [-0.2, 0) is 9.53 Å². The molecule has 1 rings (SSSR count). The first-order chi connectivity index (χ1) is 7.19. The van der Waals surface area contributed by atoms with Gasteiger partial charge in [0.2, 0.25) is 0 Å². The largest absolute Gasteiger partial charge is 0.469 e. The van der Waals surface area contributed by atoms with Gasteiger partial charge in [-0.05, 0) is 32.4 Å². The fourth-order valence-corrected chi connectivity index (χ4v) is 2.39. The Morgan fingerprint density at radius 3 is 2.87 bits per heavy atom. The molecule has 0 aromatic heterocycles. The number of ether oxygens (including phenoxy) is 1. The smallest absolute Gasteiger partial charge is 0.310 e. The van der Waals surface area contributed by atoms with Gasteiger partial charge in [0, 0.05) is 6.54 Å². The summed E-state index contributed by atoms with van der Waals surface area (Å²) in [5.41, 5.74) is 0. The maximum Gasteiger partial charge on any atom is 0.310 e. The molecule has 1 aliphatic rings. The van der Waals surface area contributed by atoms with Gasteiger partial charge in [0.25, 0.3) is 0 Å². The molecule has 0 unspecified atom stereocenters. The van der Waals surface area contributed by atoms with Gasteiger partial charge in [-0.15, -0.1) is 0 Å². The van der Waals surface area contributed by atoms with E-state index in [0.29, 0.717) is 5.92 Å². The highest BCUT2D eigenvalue weighted by Gasteiger charge is 2.33. The molecule has 1 aliphatic heterocycles. The first-order valence-electron chi connectivity index (χ1n) is 5.95. The third-order valence-electron chi connectivity index (χ3n) is 3.39. The van der Waals surface area contributed by atoms with Crippen LogP contribution in [0.3, 0.4) is 0 Å². The number of esters is 1. The molecule has 0 aliphatic carbocycles. The fraction of sp³-hybridized carbons (Fsp3) is 0.917. The van der Waals surface area contributed by atoms with Gasteiger partial charge in [0.1, 0.15) is 0 Å². The summed E-state index contributed by atoms with van der Waals surface area (Å²) in [5, 5.41) is 0. The SMILES string of the molecule is CCCC[C@@H]1CCN(C)C[C@H]1C(=O)OC. The van der Waals surface area contributed by atoms with E-state index in [0.717, 1.165) is 19.5 Å². The van der Waals surface area contributed by atoms with Crippen molar-refractivity contribution in [3.63, 3.8) is 0 Å². The Morgan fingerprint density at radius 1 is 1.53 bits per heavy atom. The molecule has 0 spiro atoms. The number of nitrogens with zero attached hydrogens (tertiary/aromatic N) is 1. The van der Waals surface area contributed by atoms with Gasteiger partial charge in [-0.1, -0.05) is 19.8 Å². The van der Waals surface area contributed by atoms with Crippen molar-refractivity contribution in [3.8, 4) is 0 Å². The summed E-state index contributed by atoms with van der Waals surface area (Å²) in [6, 6.07) is 0. The Labute approximate surface area is 92.8 Å². The highest BCUT2D eigenvalue weighted by Crippen LogP contribution is 2.28. The van der Waals surface area contributed by atoms with Crippen molar-refractivity contribution in [1.82, 2.24) is 4.90 Å². The third kappa shape index (κ3) is 3.49. The lowest BCUT2D eigenvalue weighted by molar-refractivity contribution is -0.149. The number of carbonyl (C=O) groups is 1. The van der Waals surface area contributed by atoms with E-state index in [4.69, 9.17) is 4.74 Å². The van der Waals surface area contributed by atoms with Gasteiger partial charge in [0.05, 0.1) is 13.0 Å². The number of piperidine rings is 1. The summed E-state index contributed by atoms with van der Waals surface area (Å²) in [7, 11) is 3.57. The number of rotatable bonds is 4. The molecule has 0 bridgehead atoms. The van der Waals surface area contributed by atoms with Crippen LogP contribution in [0.1, 0.15) is 32.6 Å². The Bertz CT molecular complexity index is 204. The van der Waals surface area contributed by atoms with E-state index in [1.807, 2.05) is 0 Å². The van der Waals surface area contributed by atoms with Crippen LogP contribution in [0.25, 0.3) is 0 Å². The molecule has 0 aromatic carbocycles. The average Bonchev–Trinajstić information content (AvgIpc) is 2.26. The Kier molecular flexibility index (Phi) is 5.09. The van der Waals surface area contributed by atoms with Crippen molar-refractivity contribution in [2.75, 3.05) is 27.2 Å². The second-order valence-corrected chi connectivity index (χ2v) is 4.58. The molecule has 3 nitrogen and oxygen atoms in total. The minimum Gasteiger partial charge on any atom is -0.469 e. The molecule has 2 atom stereocenters. The maximum atomic E-state index is 11.6. The van der Waals surface area contributed by atoms with Gasteiger partial charge >= 0.3 is 5.97 Å². The molecule has 1 fully saturated rings. The van der Waals surface area contributed by atoms with Gasteiger partial charge in [0.15, 0.2) is 0 Å². The molecular weight excluding hydrogens is 190 g/mol. The average molecular weight is 213 g/mol. The van der Waals surface area contributed by atoms with Gasteiger partial charge < -0.3 is 9.64 Å². The van der Waals surface area contributed by atoms with Crippen molar-refractivity contribution >= 4 is 5.97 Å². The Morgan fingerprint density at radius 2 is 2.27 bits per heavy atom. The zero-order valence-electron chi connectivity index (χ0n) is 10.2. The molecule has 0 N–H and O–H groups in total. The van der Waals surface area contributed by atoms with Crippen molar-refractivity contribution < 1.29 is 9.53 Å². The monoisotopic (exact) mass is 213 g/mol. The topological polar surface area (TPSA) is 29.5 Å². The van der Waals surface area contributed by atoms with E-state index in [1.54, 1.807) is 0 Å². The molecule has 0 amide bonds. The molecule has 3 heteroatoms. The van der Waals surface area contributed by atoms with Crippen LogP contribution in [0, 0.1) is 11.8 Å². The van der Waals surface area contributed by atoms with Crippen LogP contribution in [-0.4, -0.2) is 38.1 Å². The lowest BCUT2D eigenvalue weighted by atomic mass is 9.82. The Hall–Kier alpha value is -0.570. The summed E-state index contributed by atoms with van der Waals surface area (Å²) in [5.74, 6) is 0.608. The van der Waals surface area contributed by atoms with Crippen LogP contribution in [0.2, 0.25) is 0 Å². The normalized spacial score (nSPS) is 27.7. The zero-order chi connectivity index (χ0) is 11.3. The quantitative estimate of drug-likeness (QED) is 0.668. The second-order valence-electron chi connectivity index (χ2n) is 4.58. The Balaban J connectivity index is 2.53. The van der Waals surface area contributed by atoms with E-state index < -0.39 is 0 Å². The highest BCUT2D eigenvalue weighted by atomic mass is 16.5. The van der Waals surface area contributed by atoms with Gasteiger partial charge in [-0.2, -0.15) is 0 Å². The van der Waals surface area contributed by atoms with E-state index in [9.17, 15) is 4.79 Å². The zero-order valence-corrected chi connectivity index (χ0v) is 10.2. The van der Waals surface area contributed by atoms with Crippen LogP contribution in [0.5, 0.6) is 0 Å². The van der Waals surface area contributed by atoms with E-state index in [2.05, 4.69) is 18.9 Å². The number of likely N-dealkylation sites (tertiary alicyclic amines) is 1.